The van der Waals surface area contributed by atoms with Gasteiger partial charge in [-0.3, -0.25) is 4.79 Å². The summed E-state index contributed by atoms with van der Waals surface area (Å²) in [6.45, 7) is 0. The molecule has 0 aliphatic heterocycles. The van der Waals surface area contributed by atoms with Crippen molar-refractivity contribution in [2.24, 2.45) is 0 Å². The summed E-state index contributed by atoms with van der Waals surface area (Å²) in [5.74, 6) is 0.483. The molecule has 5 heteroatoms. The standard InChI is InChI=1S/C13H13N3OS/c17-12(15-10-5-6-10)8-18-13-11-4-2-1-3-9(11)7-14-16-13/h1-4,7,10H,5-6,8H2,(H,15,17). The van der Waals surface area contributed by atoms with E-state index in [9.17, 15) is 4.79 Å². The maximum absolute atomic E-state index is 11.6. The van der Waals surface area contributed by atoms with Gasteiger partial charge in [0.15, 0.2) is 0 Å². The Labute approximate surface area is 109 Å². The maximum Gasteiger partial charge on any atom is 0.230 e. The average Bonchev–Trinajstić information content (AvgIpc) is 3.20. The Kier molecular flexibility index (Phi) is 3.15. The summed E-state index contributed by atoms with van der Waals surface area (Å²) >= 11 is 1.44. The van der Waals surface area contributed by atoms with Crippen LogP contribution in [0.1, 0.15) is 12.8 Å². The van der Waals surface area contributed by atoms with Crippen molar-refractivity contribution in [1.29, 1.82) is 0 Å². The number of aromatic nitrogens is 2. The fourth-order valence-electron chi connectivity index (χ4n) is 1.74. The lowest BCUT2D eigenvalue weighted by molar-refractivity contribution is -0.118. The van der Waals surface area contributed by atoms with Gasteiger partial charge in [-0.25, -0.2) is 0 Å². The second-order valence-corrected chi connectivity index (χ2v) is 5.33. The van der Waals surface area contributed by atoms with Gasteiger partial charge in [0.1, 0.15) is 5.03 Å². The van der Waals surface area contributed by atoms with E-state index >= 15 is 0 Å². The normalized spacial score (nSPS) is 14.7. The Morgan fingerprint density at radius 2 is 2.22 bits per heavy atom. The van der Waals surface area contributed by atoms with E-state index in [0.717, 1.165) is 28.6 Å². The third kappa shape index (κ3) is 2.61. The van der Waals surface area contributed by atoms with Crippen LogP contribution in [0.25, 0.3) is 10.8 Å². The molecular formula is C13H13N3OS. The summed E-state index contributed by atoms with van der Waals surface area (Å²) in [6, 6.07) is 8.36. The smallest absolute Gasteiger partial charge is 0.230 e. The van der Waals surface area contributed by atoms with Gasteiger partial charge in [0.05, 0.1) is 11.9 Å². The highest BCUT2D eigenvalue weighted by molar-refractivity contribution is 8.00. The van der Waals surface area contributed by atoms with Crippen LogP contribution >= 0.6 is 11.8 Å². The third-order valence-corrected chi connectivity index (χ3v) is 3.80. The van der Waals surface area contributed by atoms with Crippen molar-refractivity contribution in [2.45, 2.75) is 23.9 Å². The number of nitrogens with one attached hydrogen (secondary N) is 1. The molecule has 1 saturated carbocycles. The lowest BCUT2D eigenvalue weighted by atomic mass is 10.2. The van der Waals surface area contributed by atoms with Crippen LogP contribution in [0.3, 0.4) is 0 Å². The van der Waals surface area contributed by atoms with E-state index in [1.54, 1.807) is 6.20 Å². The van der Waals surface area contributed by atoms with E-state index in [1.165, 1.54) is 11.8 Å². The predicted octanol–water partition coefficient (Wildman–Crippen LogP) is 2.00. The van der Waals surface area contributed by atoms with Gasteiger partial charge in [-0.05, 0) is 12.8 Å². The van der Waals surface area contributed by atoms with Crippen LogP contribution in [-0.4, -0.2) is 27.9 Å². The summed E-state index contributed by atoms with van der Waals surface area (Å²) < 4.78 is 0. The van der Waals surface area contributed by atoms with Gasteiger partial charge in [0.2, 0.25) is 5.91 Å². The highest BCUT2D eigenvalue weighted by atomic mass is 32.2. The Hall–Kier alpha value is -1.62. The Morgan fingerprint density at radius 3 is 3.06 bits per heavy atom. The number of nitrogens with zero attached hydrogens (tertiary/aromatic N) is 2. The van der Waals surface area contributed by atoms with Crippen molar-refractivity contribution < 1.29 is 4.79 Å². The van der Waals surface area contributed by atoms with Gasteiger partial charge in [0.25, 0.3) is 0 Å². The summed E-state index contributed by atoms with van der Waals surface area (Å²) in [6.07, 6.45) is 3.97. The zero-order valence-corrected chi connectivity index (χ0v) is 10.6. The molecule has 1 aliphatic rings. The van der Waals surface area contributed by atoms with Crippen LogP contribution in [0.4, 0.5) is 0 Å². The summed E-state index contributed by atoms with van der Waals surface area (Å²) in [4.78, 5) is 11.6. The number of carbonyl (C=O) groups excluding carboxylic acids is 1. The SMILES string of the molecule is O=C(CSc1nncc2ccccc12)NC1CC1. The fraction of sp³-hybridized carbons (Fsp3) is 0.308. The topological polar surface area (TPSA) is 54.9 Å². The Bertz CT molecular complexity index is 578. The molecule has 92 valence electrons. The summed E-state index contributed by atoms with van der Waals surface area (Å²) in [7, 11) is 0. The molecule has 3 rings (SSSR count). The van der Waals surface area contributed by atoms with Gasteiger partial charge >= 0.3 is 0 Å². The lowest BCUT2D eigenvalue weighted by Gasteiger charge is -2.04. The molecule has 1 fully saturated rings. The molecule has 4 nitrogen and oxygen atoms in total. The largest absolute Gasteiger partial charge is 0.353 e. The monoisotopic (exact) mass is 259 g/mol. The number of hydrogen-bond donors (Lipinski definition) is 1. The van der Waals surface area contributed by atoms with Gasteiger partial charge in [-0.15, -0.1) is 5.10 Å². The van der Waals surface area contributed by atoms with Crippen molar-refractivity contribution in [3.05, 3.63) is 30.5 Å². The van der Waals surface area contributed by atoms with Crippen LogP contribution in [0.15, 0.2) is 35.5 Å². The molecule has 0 atom stereocenters. The van der Waals surface area contributed by atoms with E-state index in [-0.39, 0.29) is 5.91 Å². The van der Waals surface area contributed by atoms with E-state index in [4.69, 9.17) is 0 Å². The molecule has 0 bridgehead atoms. The minimum atomic E-state index is 0.0808. The van der Waals surface area contributed by atoms with Crippen LogP contribution in [-0.2, 0) is 4.79 Å². The summed E-state index contributed by atoms with van der Waals surface area (Å²) in [5, 5.41) is 14.0. The molecule has 0 radical (unpaired) electrons. The molecule has 1 amide bonds. The molecule has 1 aliphatic carbocycles. The number of rotatable bonds is 4. The number of amides is 1. The number of carbonyl (C=O) groups is 1. The molecule has 0 spiro atoms. The molecule has 18 heavy (non-hydrogen) atoms. The van der Waals surface area contributed by atoms with Crippen LogP contribution in [0, 0.1) is 0 Å². The minimum absolute atomic E-state index is 0.0808. The fourth-order valence-corrected chi connectivity index (χ4v) is 2.54. The van der Waals surface area contributed by atoms with Crippen molar-refractivity contribution in [2.75, 3.05) is 5.75 Å². The molecule has 1 aromatic carbocycles. The highest BCUT2D eigenvalue weighted by Gasteiger charge is 2.23. The zero-order valence-electron chi connectivity index (χ0n) is 9.80. The molecule has 1 heterocycles. The Morgan fingerprint density at radius 1 is 1.39 bits per heavy atom. The van der Waals surface area contributed by atoms with E-state index in [0.29, 0.717) is 11.8 Å². The van der Waals surface area contributed by atoms with Crippen molar-refractivity contribution in [1.82, 2.24) is 15.5 Å². The highest BCUT2D eigenvalue weighted by Crippen LogP contribution is 2.25. The number of fused-ring (bicyclic) bond motifs is 1. The van der Waals surface area contributed by atoms with Gasteiger partial charge < -0.3 is 5.32 Å². The molecule has 0 saturated heterocycles. The van der Waals surface area contributed by atoms with Crippen molar-refractivity contribution in [3.8, 4) is 0 Å². The van der Waals surface area contributed by atoms with E-state index in [2.05, 4.69) is 15.5 Å². The maximum atomic E-state index is 11.6. The first-order valence-electron chi connectivity index (χ1n) is 5.95. The second-order valence-electron chi connectivity index (χ2n) is 4.37. The first kappa shape index (κ1) is 11.5. The molecule has 2 aromatic rings. The van der Waals surface area contributed by atoms with Gasteiger partial charge in [-0.2, -0.15) is 5.10 Å². The lowest BCUT2D eigenvalue weighted by Crippen LogP contribution is -2.27. The molecule has 0 unspecified atom stereocenters. The number of benzene rings is 1. The van der Waals surface area contributed by atoms with Crippen molar-refractivity contribution in [3.63, 3.8) is 0 Å². The quantitative estimate of drug-likeness (QED) is 0.853. The third-order valence-electron chi connectivity index (χ3n) is 2.82. The van der Waals surface area contributed by atoms with Crippen LogP contribution in [0.5, 0.6) is 0 Å². The first-order valence-corrected chi connectivity index (χ1v) is 6.94. The van der Waals surface area contributed by atoms with Crippen LogP contribution in [0.2, 0.25) is 0 Å². The number of thioether (sulfide) groups is 1. The van der Waals surface area contributed by atoms with Crippen molar-refractivity contribution >= 4 is 28.4 Å². The second kappa shape index (κ2) is 4.94. The average molecular weight is 259 g/mol. The summed E-state index contributed by atoms with van der Waals surface area (Å²) in [5.41, 5.74) is 0. The predicted molar refractivity (Wildman–Crippen MR) is 71.4 cm³/mol. The molecule has 1 N–H and O–H groups in total. The zero-order chi connectivity index (χ0) is 12.4. The number of hydrogen-bond acceptors (Lipinski definition) is 4. The van der Waals surface area contributed by atoms with Gasteiger partial charge in [0, 0.05) is 16.8 Å². The van der Waals surface area contributed by atoms with Crippen LogP contribution < -0.4 is 5.32 Å². The molecule has 1 aromatic heterocycles. The first-order chi connectivity index (χ1) is 8.83. The molecular weight excluding hydrogens is 246 g/mol. The van der Waals surface area contributed by atoms with E-state index < -0.39 is 0 Å². The minimum Gasteiger partial charge on any atom is -0.353 e. The van der Waals surface area contributed by atoms with Gasteiger partial charge in [-0.1, -0.05) is 36.0 Å². The van der Waals surface area contributed by atoms with E-state index in [1.807, 2.05) is 24.3 Å². The Balaban J connectivity index is 1.71.